The van der Waals surface area contributed by atoms with Crippen molar-refractivity contribution < 1.29 is 9.53 Å². The number of nitrogens with one attached hydrogen (secondary N) is 1. The Morgan fingerprint density at radius 1 is 1.62 bits per heavy atom. The molecule has 0 aliphatic carbocycles. The lowest BCUT2D eigenvalue weighted by atomic mass is 9.99. The third kappa shape index (κ3) is 4.92. The first-order valence-corrected chi connectivity index (χ1v) is 5.94. The summed E-state index contributed by atoms with van der Waals surface area (Å²) in [6.07, 6.45) is 2.35. The number of likely N-dealkylation sites (tertiary alicyclic amines) is 1. The summed E-state index contributed by atoms with van der Waals surface area (Å²) in [6.45, 7) is 4.31. The third-order valence-electron chi connectivity index (χ3n) is 2.84. The maximum Gasteiger partial charge on any atom is 0.234 e. The molecule has 0 aromatic carbocycles. The Morgan fingerprint density at radius 3 is 3.12 bits per heavy atom. The third-order valence-corrected chi connectivity index (χ3v) is 2.84. The molecule has 1 heterocycles. The first-order valence-electron chi connectivity index (χ1n) is 5.94. The zero-order valence-electron chi connectivity index (χ0n) is 10.1. The topological polar surface area (TPSA) is 67.6 Å². The molecule has 0 radical (unpaired) electrons. The van der Waals surface area contributed by atoms with Crippen LogP contribution in [0, 0.1) is 5.92 Å². The quantitative estimate of drug-likeness (QED) is 0.639. The lowest BCUT2D eigenvalue weighted by Crippen LogP contribution is -2.44. The van der Waals surface area contributed by atoms with Gasteiger partial charge in [-0.3, -0.25) is 9.69 Å². The van der Waals surface area contributed by atoms with E-state index in [2.05, 4.69) is 10.2 Å². The molecule has 0 bridgehead atoms. The Kier molecular flexibility index (Phi) is 6.37. The molecule has 16 heavy (non-hydrogen) atoms. The first kappa shape index (κ1) is 13.4. The van der Waals surface area contributed by atoms with Crippen molar-refractivity contribution in [2.75, 3.05) is 46.4 Å². The Bertz CT molecular complexity index is 209. The second kappa shape index (κ2) is 7.60. The van der Waals surface area contributed by atoms with Crippen LogP contribution in [0.2, 0.25) is 0 Å². The van der Waals surface area contributed by atoms with Gasteiger partial charge in [-0.05, 0) is 25.3 Å². The number of nitrogens with zero attached hydrogens (tertiary/aromatic N) is 1. The van der Waals surface area contributed by atoms with Crippen LogP contribution in [0.3, 0.4) is 0 Å². The zero-order valence-corrected chi connectivity index (χ0v) is 10.1. The van der Waals surface area contributed by atoms with E-state index in [0.717, 1.165) is 26.1 Å². The smallest absolute Gasteiger partial charge is 0.234 e. The minimum Gasteiger partial charge on any atom is -0.384 e. The minimum absolute atomic E-state index is 0.0727. The summed E-state index contributed by atoms with van der Waals surface area (Å²) in [5.74, 6) is 0.643. The Hall–Kier alpha value is -0.650. The van der Waals surface area contributed by atoms with Crippen molar-refractivity contribution in [3.63, 3.8) is 0 Å². The molecule has 1 rings (SSSR count). The molecule has 0 spiro atoms. The van der Waals surface area contributed by atoms with Gasteiger partial charge in [0.05, 0.1) is 13.2 Å². The Labute approximate surface area is 97.3 Å². The summed E-state index contributed by atoms with van der Waals surface area (Å²) in [7, 11) is 1.73. The van der Waals surface area contributed by atoms with E-state index in [0.29, 0.717) is 25.6 Å². The van der Waals surface area contributed by atoms with E-state index < -0.39 is 0 Å². The minimum atomic E-state index is 0.0727. The monoisotopic (exact) mass is 229 g/mol. The molecule has 1 amide bonds. The molecule has 0 aromatic heterocycles. The number of piperidine rings is 1. The Morgan fingerprint density at radius 2 is 2.44 bits per heavy atom. The van der Waals surface area contributed by atoms with Crippen LogP contribution in [0.15, 0.2) is 0 Å². The molecular weight excluding hydrogens is 206 g/mol. The van der Waals surface area contributed by atoms with Crippen LogP contribution < -0.4 is 11.1 Å². The van der Waals surface area contributed by atoms with Gasteiger partial charge in [-0.15, -0.1) is 0 Å². The van der Waals surface area contributed by atoms with Gasteiger partial charge in [-0.25, -0.2) is 0 Å². The van der Waals surface area contributed by atoms with Crippen molar-refractivity contribution in [1.82, 2.24) is 10.2 Å². The molecular formula is C11H23N3O2. The number of hydrogen-bond acceptors (Lipinski definition) is 4. The van der Waals surface area contributed by atoms with Gasteiger partial charge in [0.1, 0.15) is 0 Å². The number of rotatable bonds is 6. The van der Waals surface area contributed by atoms with E-state index in [4.69, 9.17) is 10.5 Å². The largest absolute Gasteiger partial charge is 0.384 e. The van der Waals surface area contributed by atoms with Gasteiger partial charge in [0, 0.05) is 26.7 Å². The van der Waals surface area contributed by atoms with Crippen molar-refractivity contribution in [3.8, 4) is 0 Å². The molecule has 0 aromatic rings. The molecule has 1 saturated heterocycles. The lowest BCUT2D eigenvalue weighted by molar-refractivity contribution is -0.122. The number of amides is 1. The maximum absolute atomic E-state index is 11.5. The molecule has 1 atom stereocenters. The Balaban J connectivity index is 2.22. The molecule has 5 nitrogen and oxygen atoms in total. The highest BCUT2D eigenvalue weighted by Gasteiger charge is 2.21. The van der Waals surface area contributed by atoms with Gasteiger partial charge in [0.2, 0.25) is 5.91 Å². The molecule has 1 fully saturated rings. The van der Waals surface area contributed by atoms with E-state index in [1.165, 1.54) is 6.42 Å². The maximum atomic E-state index is 11.5. The van der Waals surface area contributed by atoms with Gasteiger partial charge in [0.25, 0.3) is 0 Å². The van der Waals surface area contributed by atoms with Crippen molar-refractivity contribution in [3.05, 3.63) is 0 Å². The first-order chi connectivity index (χ1) is 7.76. The highest BCUT2D eigenvalue weighted by Crippen LogP contribution is 2.15. The normalized spacial score (nSPS) is 22.0. The standard InChI is InChI=1S/C11H23N3O2/c1-16-9-10-3-2-6-14(7-10)8-11(15)13-5-4-12/h10H,2-9,12H2,1H3,(H,13,15). The number of hydrogen-bond donors (Lipinski definition) is 2. The number of carbonyl (C=O) groups excluding carboxylic acids is 1. The number of nitrogens with two attached hydrogens (primary N) is 1. The highest BCUT2D eigenvalue weighted by atomic mass is 16.5. The molecule has 5 heteroatoms. The second-order valence-electron chi connectivity index (χ2n) is 4.34. The SMILES string of the molecule is COCC1CCCN(CC(=O)NCCN)C1. The van der Waals surface area contributed by atoms with Gasteiger partial charge < -0.3 is 15.8 Å². The van der Waals surface area contributed by atoms with E-state index in [-0.39, 0.29) is 5.91 Å². The molecule has 1 aliphatic rings. The molecule has 1 aliphatic heterocycles. The van der Waals surface area contributed by atoms with Gasteiger partial charge in [0.15, 0.2) is 0 Å². The van der Waals surface area contributed by atoms with E-state index in [9.17, 15) is 4.79 Å². The van der Waals surface area contributed by atoms with Crippen LogP contribution >= 0.6 is 0 Å². The fraction of sp³-hybridized carbons (Fsp3) is 0.909. The fourth-order valence-electron chi connectivity index (χ4n) is 2.14. The molecule has 3 N–H and O–H groups in total. The molecule has 0 saturated carbocycles. The van der Waals surface area contributed by atoms with Crippen LogP contribution in [0.5, 0.6) is 0 Å². The number of carbonyl (C=O) groups is 1. The van der Waals surface area contributed by atoms with Gasteiger partial charge in [-0.1, -0.05) is 0 Å². The zero-order chi connectivity index (χ0) is 11.8. The lowest BCUT2D eigenvalue weighted by Gasteiger charge is -2.31. The summed E-state index contributed by atoms with van der Waals surface area (Å²) in [6, 6.07) is 0. The van der Waals surface area contributed by atoms with Crippen molar-refractivity contribution in [2.24, 2.45) is 11.7 Å². The second-order valence-corrected chi connectivity index (χ2v) is 4.34. The molecule has 1 unspecified atom stereocenters. The van der Waals surface area contributed by atoms with Gasteiger partial charge in [-0.2, -0.15) is 0 Å². The van der Waals surface area contributed by atoms with Crippen molar-refractivity contribution in [2.45, 2.75) is 12.8 Å². The highest BCUT2D eigenvalue weighted by molar-refractivity contribution is 5.77. The van der Waals surface area contributed by atoms with Crippen LogP contribution in [-0.4, -0.2) is 57.2 Å². The fourth-order valence-corrected chi connectivity index (χ4v) is 2.14. The number of ether oxygens (including phenoxy) is 1. The average Bonchev–Trinajstić information content (AvgIpc) is 2.27. The van der Waals surface area contributed by atoms with E-state index in [1.807, 2.05) is 0 Å². The summed E-state index contributed by atoms with van der Waals surface area (Å²) in [4.78, 5) is 13.7. The predicted molar refractivity (Wildman–Crippen MR) is 63.1 cm³/mol. The van der Waals surface area contributed by atoms with Crippen LogP contribution in [-0.2, 0) is 9.53 Å². The summed E-state index contributed by atoms with van der Waals surface area (Å²) in [5, 5.41) is 2.79. The molecule has 94 valence electrons. The summed E-state index contributed by atoms with van der Waals surface area (Å²) < 4.78 is 5.16. The van der Waals surface area contributed by atoms with Crippen LogP contribution in [0.25, 0.3) is 0 Å². The summed E-state index contributed by atoms with van der Waals surface area (Å²) in [5.41, 5.74) is 5.33. The van der Waals surface area contributed by atoms with Crippen molar-refractivity contribution in [1.29, 1.82) is 0 Å². The average molecular weight is 229 g/mol. The van der Waals surface area contributed by atoms with E-state index >= 15 is 0 Å². The van der Waals surface area contributed by atoms with Crippen molar-refractivity contribution >= 4 is 5.91 Å². The number of methoxy groups -OCH3 is 1. The van der Waals surface area contributed by atoms with Crippen LogP contribution in [0.1, 0.15) is 12.8 Å². The van der Waals surface area contributed by atoms with E-state index in [1.54, 1.807) is 7.11 Å². The predicted octanol–water partition coefficient (Wildman–Crippen LogP) is -0.580. The van der Waals surface area contributed by atoms with Crippen LogP contribution in [0.4, 0.5) is 0 Å². The summed E-state index contributed by atoms with van der Waals surface area (Å²) >= 11 is 0. The van der Waals surface area contributed by atoms with Gasteiger partial charge >= 0.3 is 0 Å².